The Kier molecular flexibility index (Phi) is 22.1. The van der Waals surface area contributed by atoms with Crippen LogP contribution in [0.1, 0.15) is 126 Å². The predicted octanol–water partition coefficient (Wildman–Crippen LogP) is 5.56. The summed E-state index contributed by atoms with van der Waals surface area (Å²) < 4.78 is 23.5. The van der Waals surface area contributed by atoms with Gasteiger partial charge in [0.05, 0.1) is 31.3 Å². The van der Waals surface area contributed by atoms with Crippen molar-refractivity contribution < 1.29 is 73.1 Å². The van der Waals surface area contributed by atoms with E-state index in [1.165, 1.54) is 21.3 Å². The molecule has 0 radical (unpaired) electrons. The molecule has 0 aromatic carbocycles. The second kappa shape index (κ2) is 26.5. The molecule has 0 unspecified atom stereocenters. The van der Waals surface area contributed by atoms with Gasteiger partial charge >= 0.3 is 11.9 Å². The van der Waals surface area contributed by atoms with Crippen molar-refractivity contribution in [2.75, 3.05) is 27.8 Å². The Hall–Kier alpha value is -3.94. The summed E-state index contributed by atoms with van der Waals surface area (Å²) in [6, 6.07) is -1.21. The molecule has 0 aromatic rings. The summed E-state index contributed by atoms with van der Waals surface area (Å²) >= 11 is 0. The van der Waals surface area contributed by atoms with Crippen molar-refractivity contribution in [1.29, 1.82) is 0 Å². The van der Waals surface area contributed by atoms with Crippen LogP contribution in [-0.4, -0.2) is 142 Å². The number of ether oxygens (including phenoxy) is 4. The van der Waals surface area contributed by atoms with Gasteiger partial charge in [0.1, 0.15) is 30.1 Å². The van der Waals surface area contributed by atoms with Crippen molar-refractivity contribution in [3.05, 3.63) is 47.6 Å². The average Bonchev–Trinajstić information content (AvgIpc) is 3.30. The number of carbonyl (C=O) groups excluding carboxylic acids is 6. The molecule has 4 aliphatic rings. The van der Waals surface area contributed by atoms with Crippen LogP contribution in [0, 0.1) is 41.4 Å². The number of aliphatic hydroxyl groups excluding tert-OH is 2. The monoisotopic (exact) mass is 973 g/mol. The Morgan fingerprint density at radius 2 is 1.62 bits per heavy atom. The topological polar surface area (TPSA) is 236 Å². The summed E-state index contributed by atoms with van der Waals surface area (Å²) in [5.74, 6) is -10.1. The number of allylic oxidation sites excluding steroid dienone is 6. The van der Waals surface area contributed by atoms with Crippen LogP contribution in [0.3, 0.4) is 0 Å². The van der Waals surface area contributed by atoms with Gasteiger partial charge in [-0.1, -0.05) is 71.1 Å². The number of hydroxylamine groups is 2. The van der Waals surface area contributed by atoms with E-state index in [2.05, 4.69) is 0 Å². The van der Waals surface area contributed by atoms with Crippen molar-refractivity contribution in [2.24, 2.45) is 41.4 Å². The third-order valence-electron chi connectivity index (χ3n) is 14.8. The number of carbonyl (C=O) groups is 6. The summed E-state index contributed by atoms with van der Waals surface area (Å²) in [5.41, 5.74) is 0.954. The van der Waals surface area contributed by atoms with Gasteiger partial charge in [-0.25, -0.2) is 9.59 Å². The molecule has 3 aliphatic heterocycles. The summed E-state index contributed by atoms with van der Waals surface area (Å²) in [6.45, 7) is 12.3. The van der Waals surface area contributed by atoms with Gasteiger partial charge in [-0.3, -0.25) is 24.4 Å². The highest BCUT2D eigenvalue weighted by atomic mass is 16.9. The number of nitrogens with zero attached hydrogens (tertiary/aromatic N) is 2. The summed E-state index contributed by atoms with van der Waals surface area (Å²) in [4.78, 5) is 89.5. The highest BCUT2D eigenvalue weighted by molar-refractivity contribution is 6.39. The number of hydrogen-bond donors (Lipinski definition) is 4. The minimum Gasteiger partial charge on any atom is -0.460 e. The van der Waals surface area contributed by atoms with E-state index in [1.807, 2.05) is 26.0 Å². The van der Waals surface area contributed by atoms with Gasteiger partial charge in [0.2, 0.25) is 5.79 Å². The van der Waals surface area contributed by atoms with Crippen LogP contribution in [0.2, 0.25) is 0 Å². The van der Waals surface area contributed by atoms with E-state index in [4.69, 9.17) is 23.8 Å². The Labute approximate surface area is 408 Å². The number of amides is 1. The Balaban J connectivity index is 1.69. The molecule has 17 nitrogen and oxygen atoms in total. The lowest BCUT2D eigenvalue weighted by atomic mass is 9.75. The third-order valence-corrected chi connectivity index (χ3v) is 14.8. The molecule has 4 N–H and O–H groups in total. The first-order chi connectivity index (χ1) is 32.5. The van der Waals surface area contributed by atoms with Gasteiger partial charge in [0, 0.05) is 51.4 Å². The van der Waals surface area contributed by atoms with Gasteiger partial charge in [-0.05, 0) is 112 Å². The lowest BCUT2D eigenvalue weighted by Crippen LogP contribution is -2.61. The van der Waals surface area contributed by atoms with Crippen LogP contribution in [-0.2, 0) is 52.6 Å². The molecule has 3 fully saturated rings. The number of aliphatic hydroxyl groups is 3. The first-order valence-electron chi connectivity index (χ1n) is 24.8. The normalized spacial score (nSPS) is 38.7. The molecule has 2 saturated heterocycles. The summed E-state index contributed by atoms with van der Waals surface area (Å²) in [6.07, 6.45) is 8.89. The maximum absolute atomic E-state index is 14.4. The average molecular weight is 973 g/mol. The lowest BCUT2D eigenvalue weighted by molar-refractivity contribution is -0.306. The van der Waals surface area contributed by atoms with E-state index < -0.39 is 102 Å². The maximum atomic E-state index is 14.4. The number of rotatable bonds is 7. The zero-order chi connectivity index (χ0) is 51.3. The standard InChI is InChI=1S/C52H80N2O15/c1-30-16-12-11-13-17-31(2)41(55)28-38-21-19-36(7)52(63,68-38)48(59)49(60)54-23-15-14-18-40(54)51(62)67-43(33(4)26-37-20-22-39(44(27-37)65-9)50(61)69-53(8)64)29-42(56)32(3)25-35(6)46(58)47(66-10)45(57)34(5)24-30/h11-13,16-17,25,30,32-34,36-41,43-44,46-47,55,58,63-64H,14-15,18-24,26-29H2,1-10H3/b13-11+,16-12+,31-17+,35-25+/t30-,32-,33-,34-,36-,37+,38+,39-,40+,41+,43+,44-,46-,47+,52-/m1/s1. The van der Waals surface area contributed by atoms with Gasteiger partial charge in [-0.15, -0.1) is 0 Å². The van der Waals surface area contributed by atoms with E-state index in [0.29, 0.717) is 74.2 Å². The molecular formula is C52H80N2O15. The first-order valence-corrected chi connectivity index (χ1v) is 24.8. The van der Waals surface area contributed by atoms with E-state index in [0.717, 1.165) is 4.90 Å². The highest BCUT2D eigenvalue weighted by Gasteiger charge is 2.53. The number of fused-ring (bicyclic) bond motifs is 3. The van der Waals surface area contributed by atoms with Gasteiger partial charge in [0.15, 0.2) is 5.78 Å². The minimum absolute atomic E-state index is 0.0250. The molecule has 17 heteroatoms. The molecule has 1 saturated carbocycles. The second-order valence-corrected chi connectivity index (χ2v) is 20.3. The number of cyclic esters (lactones) is 1. The quantitative estimate of drug-likeness (QED) is 0.106. The molecule has 0 aromatic heterocycles. The zero-order valence-corrected chi connectivity index (χ0v) is 42.4. The van der Waals surface area contributed by atoms with Crippen LogP contribution in [0.25, 0.3) is 0 Å². The van der Waals surface area contributed by atoms with Crippen LogP contribution >= 0.6 is 0 Å². The lowest BCUT2D eigenvalue weighted by Gasteiger charge is -2.42. The number of esters is 1. The van der Waals surface area contributed by atoms with Gasteiger partial charge in [-0.2, -0.15) is 0 Å². The number of hydrogen-bond acceptors (Lipinski definition) is 16. The van der Waals surface area contributed by atoms with E-state index in [9.17, 15) is 49.3 Å². The van der Waals surface area contributed by atoms with Gasteiger partial charge < -0.3 is 44.0 Å². The first kappa shape index (κ1) is 57.6. The summed E-state index contributed by atoms with van der Waals surface area (Å²) in [7, 11) is 4.03. The van der Waals surface area contributed by atoms with E-state index in [1.54, 1.807) is 58.9 Å². The van der Waals surface area contributed by atoms with Crippen LogP contribution < -0.4 is 0 Å². The smallest absolute Gasteiger partial charge is 0.333 e. The van der Waals surface area contributed by atoms with Crippen molar-refractivity contribution in [1.82, 2.24) is 10.1 Å². The number of ketones is 3. The highest BCUT2D eigenvalue weighted by Crippen LogP contribution is 2.39. The van der Waals surface area contributed by atoms with Crippen LogP contribution in [0.5, 0.6) is 0 Å². The largest absolute Gasteiger partial charge is 0.460 e. The molecule has 15 atom stereocenters. The van der Waals surface area contributed by atoms with Crippen molar-refractivity contribution >= 4 is 35.2 Å². The molecule has 69 heavy (non-hydrogen) atoms. The maximum Gasteiger partial charge on any atom is 0.333 e. The number of piperidine rings is 1. The molecule has 1 amide bonds. The van der Waals surface area contributed by atoms with Crippen LogP contribution in [0.15, 0.2) is 47.6 Å². The molecule has 388 valence electrons. The SMILES string of the molecule is CO[C@@H]1C[C@H](C[C@@H](C)[C@@H]2CC(=O)[C@H](C)/C=C(\C)[C@@H](O)[C@@H](OC)C(=O)[C@H](C)C[C@H](C)/C=C/C=C/C=C(\C)[C@@H](O)C[C@@H]3CC[C@@H](C)[C@@](O)(O3)C(=O)C(=O)N3CCCC[C@H]3C(=O)O2)CC[C@H]1C(=O)ON(C)O. The molecule has 3 heterocycles. The van der Waals surface area contributed by atoms with E-state index >= 15 is 0 Å². The van der Waals surface area contributed by atoms with Crippen molar-refractivity contribution in [3.8, 4) is 0 Å². The zero-order valence-electron chi connectivity index (χ0n) is 42.4. The Morgan fingerprint density at radius 1 is 0.913 bits per heavy atom. The fraction of sp³-hybridized carbons (Fsp3) is 0.731. The minimum atomic E-state index is -2.51. The Morgan fingerprint density at radius 3 is 2.29 bits per heavy atom. The number of Topliss-reactive ketones (excluding diaryl/α,β-unsaturated/α-hetero) is 3. The predicted molar refractivity (Wildman–Crippen MR) is 253 cm³/mol. The summed E-state index contributed by atoms with van der Waals surface area (Å²) in [5, 5.41) is 44.3. The van der Waals surface area contributed by atoms with Crippen molar-refractivity contribution in [3.63, 3.8) is 0 Å². The molecule has 1 aliphatic carbocycles. The molecular weight excluding hydrogens is 893 g/mol. The third kappa shape index (κ3) is 15.5. The van der Waals surface area contributed by atoms with Gasteiger partial charge in [0.25, 0.3) is 11.7 Å². The number of methoxy groups -OCH3 is 2. The Bertz CT molecular complexity index is 1910. The van der Waals surface area contributed by atoms with Crippen LogP contribution in [0.4, 0.5) is 0 Å². The fourth-order valence-corrected chi connectivity index (χ4v) is 10.3. The molecule has 0 spiro atoms. The van der Waals surface area contributed by atoms with Crippen molar-refractivity contribution in [2.45, 2.75) is 174 Å². The van der Waals surface area contributed by atoms with E-state index in [-0.39, 0.29) is 49.2 Å². The fourth-order valence-electron chi connectivity index (χ4n) is 10.3. The molecule has 4 rings (SSSR count). The molecule has 2 bridgehead atoms. The second-order valence-electron chi connectivity index (χ2n) is 20.3.